The van der Waals surface area contributed by atoms with Crippen molar-refractivity contribution >= 4 is 71.3 Å². The van der Waals surface area contributed by atoms with Gasteiger partial charge in [0.05, 0.1) is 22.4 Å². The number of hydrogen-bond acceptors (Lipinski definition) is 2. The highest BCUT2D eigenvalue weighted by molar-refractivity contribution is 6.20. The van der Waals surface area contributed by atoms with Crippen LogP contribution in [0.15, 0.2) is 241 Å². The smallest absolute Gasteiger partial charge is 0.145 e. The lowest BCUT2D eigenvalue weighted by Crippen LogP contribution is -2.13. The van der Waals surface area contributed by atoms with Crippen molar-refractivity contribution in [3.63, 3.8) is 0 Å². The lowest BCUT2D eigenvalue weighted by Gasteiger charge is -2.31. The first-order valence-corrected chi connectivity index (χ1v) is 21.3. The minimum atomic E-state index is 0.856. The van der Waals surface area contributed by atoms with Crippen molar-refractivity contribution in [2.24, 2.45) is 0 Å². The largest absolute Gasteiger partial charge is 0.455 e. The van der Waals surface area contributed by atoms with Crippen LogP contribution in [0.5, 0.6) is 0 Å². The van der Waals surface area contributed by atoms with Crippen LogP contribution in [0.4, 0.5) is 17.1 Å². The van der Waals surface area contributed by atoms with Crippen LogP contribution in [0.3, 0.4) is 0 Å². The molecule has 0 atom stereocenters. The summed E-state index contributed by atoms with van der Waals surface area (Å²) in [6.45, 7) is 0. The van der Waals surface area contributed by atoms with Crippen LogP contribution >= 0.6 is 0 Å². The van der Waals surface area contributed by atoms with Gasteiger partial charge in [0.15, 0.2) is 0 Å². The van der Waals surface area contributed by atoms with Crippen LogP contribution in [0, 0.1) is 0 Å². The van der Waals surface area contributed by atoms with Crippen molar-refractivity contribution < 1.29 is 4.42 Å². The molecule has 0 amide bonds. The van der Waals surface area contributed by atoms with E-state index in [1.54, 1.807) is 0 Å². The van der Waals surface area contributed by atoms with Crippen LogP contribution in [0.25, 0.3) is 98.8 Å². The van der Waals surface area contributed by atoms with Crippen LogP contribution in [-0.2, 0) is 0 Å². The molecule has 0 bridgehead atoms. The van der Waals surface area contributed by atoms with Gasteiger partial charge in [-0.3, -0.25) is 0 Å². The molecule has 0 aliphatic carbocycles. The van der Waals surface area contributed by atoms with Gasteiger partial charge in [-0.15, -0.1) is 0 Å². The minimum absolute atomic E-state index is 0.856. The fraction of sp³-hybridized carbons (Fsp3) is 0. The summed E-state index contributed by atoms with van der Waals surface area (Å²) < 4.78 is 7.01. The lowest BCUT2D eigenvalue weighted by molar-refractivity contribution is 0.670. The molecule has 0 unspecified atom stereocenters. The van der Waals surface area contributed by atoms with E-state index in [2.05, 4.69) is 241 Å². The van der Waals surface area contributed by atoms with E-state index in [0.29, 0.717) is 0 Å². The Morgan fingerprint density at radius 3 is 1.63 bits per heavy atom. The van der Waals surface area contributed by atoms with Gasteiger partial charge in [-0.1, -0.05) is 200 Å². The minimum Gasteiger partial charge on any atom is -0.455 e. The molecular weight excluding hydrogens is 751 g/mol. The van der Waals surface area contributed by atoms with Crippen molar-refractivity contribution in [1.29, 1.82) is 0 Å². The summed E-state index contributed by atoms with van der Waals surface area (Å²) in [5, 5.41) is 9.45. The summed E-state index contributed by atoms with van der Waals surface area (Å²) in [6.07, 6.45) is 0. The molecule has 12 aromatic rings. The molecule has 0 N–H and O–H groups in total. The molecule has 11 aromatic carbocycles. The van der Waals surface area contributed by atoms with Gasteiger partial charge in [0.25, 0.3) is 0 Å². The van der Waals surface area contributed by atoms with Crippen molar-refractivity contribution in [3.8, 4) is 44.5 Å². The van der Waals surface area contributed by atoms with Gasteiger partial charge in [0.1, 0.15) is 11.2 Å². The maximum atomic E-state index is 7.01. The van der Waals surface area contributed by atoms with Gasteiger partial charge in [0.2, 0.25) is 0 Å². The number of anilines is 3. The number of fused-ring (bicyclic) bond motifs is 7. The van der Waals surface area contributed by atoms with Crippen molar-refractivity contribution in [1.82, 2.24) is 0 Å². The molecule has 62 heavy (non-hydrogen) atoms. The van der Waals surface area contributed by atoms with E-state index >= 15 is 0 Å². The quantitative estimate of drug-likeness (QED) is 0.150. The standard InChI is InChI=1S/C60H39NO/c1-2-17-40(18-3-1)41-33-35-43(36-34-41)47-24-10-13-30-55(47)61(56-31-14-11-27-51(56)54-39-44-20-5-7-23-46(44)48-25-8-9-26-50(48)54)57-38-37-52(49-29-16-21-42-19-4-6-22-45(42)49)60-59(57)53-28-12-15-32-58(53)62-60/h1-39H. The normalized spacial score (nSPS) is 11.5. The van der Waals surface area contributed by atoms with E-state index in [4.69, 9.17) is 4.42 Å². The zero-order chi connectivity index (χ0) is 41.0. The Morgan fingerprint density at radius 1 is 0.274 bits per heavy atom. The van der Waals surface area contributed by atoms with Crippen molar-refractivity contribution in [2.75, 3.05) is 4.90 Å². The van der Waals surface area contributed by atoms with Gasteiger partial charge in [-0.2, -0.15) is 0 Å². The Morgan fingerprint density at radius 2 is 0.823 bits per heavy atom. The predicted octanol–water partition coefficient (Wildman–Crippen LogP) is 17.2. The second-order valence-corrected chi connectivity index (χ2v) is 16.0. The summed E-state index contributed by atoms with van der Waals surface area (Å²) in [5.41, 5.74) is 14.1. The highest BCUT2D eigenvalue weighted by Gasteiger charge is 2.26. The number of hydrogen-bond donors (Lipinski definition) is 0. The van der Waals surface area contributed by atoms with E-state index in [1.807, 2.05) is 0 Å². The van der Waals surface area contributed by atoms with Crippen LogP contribution in [0.1, 0.15) is 0 Å². The molecule has 12 rings (SSSR count). The topological polar surface area (TPSA) is 16.4 Å². The Kier molecular flexibility index (Phi) is 8.53. The Labute approximate surface area is 360 Å². The molecule has 0 aliphatic heterocycles. The number of benzene rings is 11. The van der Waals surface area contributed by atoms with Gasteiger partial charge in [-0.25, -0.2) is 0 Å². The van der Waals surface area contributed by atoms with Crippen molar-refractivity contribution in [2.45, 2.75) is 0 Å². The molecule has 2 heteroatoms. The number of nitrogens with zero attached hydrogens (tertiary/aromatic N) is 1. The maximum absolute atomic E-state index is 7.01. The molecule has 0 saturated carbocycles. The molecule has 1 heterocycles. The molecule has 0 saturated heterocycles. The molecule has 0 aliphatic rings. The van der Waals surface area contributed by atoms with Crippen LogP contribution in [0.2, 0.25) is 0 Å². The summed E-state index contributed by atoms with van der Waals surface area (Å²) in [6, 6.07) is 85.5. The van der Waals surface area contributed by atoms with Gasteiger partial charge in [-0.05, 0) is 96.5 Å². The summed E-state index contributed by atoms with van der Waals surface area (Å²) in [7, 11) is 0. The highest BCUT2D eigenvalue weighted by atomic mass is 16.3. The molecular formula is C60H39NO. The first-order chi connectivity index (χ1) is 30.8. The molecule has 0 fully saturated rings. The second kappa shape index (κ2) is 14.8. The first-order valence-electron chi connectivity index (χ1n) is 21.3. The van der Waals surface area contributed by atoms with E-state index in [-0.39, 0.29) is 0 Å². The Hall–Kier alpha value is -8.20. The van der Waals surface area contributed by atoms with E-state index in [0.717, 1.165) is 66.8 Å². The fourth-order valence-electron chi connectivity index (χ4n) is 9.62. The summed E-state index contributed by atoms with van der Waals surface area (Å²) in [4.78, 5) is 2.48. The van der Waals surface area contributed by atoms with E-state index < -0.39 is 0 Å². The average Bonchev–Trinajstić information content (AvgIpc) is 3.75. The summed E-state index contributed by atoms with van der Waals surface area (Å²) in [5.74, 6) is 0. The fourth-order valence-corrected chi connectivity index (χ4v) is 9.62. The van der Waals surface area contributed by atoms with Gasteiger partial charge < -0.3 is 9.32 Å². The molecule has 1 aromatic heterocycles. The Balaban J connectivity index is 1.16. The summed E-state index contributed by atoms with van der Waals surface area (Å²) >= 11 is 0. The second-order valence-electron chi connectivity index (χ2n) is 16.0. The number of furan rings is 1. The maximum Gasteiger partial charge on any atom is 0.145 e. The monoisotopic (exact) mass is 789 g/mol. The van der Waals surface area contributed by atoms with E-state index in [9.17, 15) is 0 Å². The van der Waals surface area contributed by atoms with Gasteiger partial charge >= 0.3 is 0 Å². The lowest BCUT2D eigenvalue weighted by atomic mass is 9.91. The number of para-hydroxylation sites is 3. The average molecular weight is 790 g/mol. The molecule has 2 nitrogen and oxygen atoms in total. The zero-order valence-electron chi connectivity index (χ0n) is 33.9. The number of rotatable bonds is 7. The highest BCUT2D eigenvalue weighted by Crippen LogP contribution is 2.51. The predicted molar refractivity (Wildman–Crippen MR) is 263 cm³/mol. The zero-order valence-corrected chi connectivity index (χ0v) is 33.9. The van der Waals surface area contributed by atoms with E-state index in [1.165, 1.54) is 49.0 Å². The first kappa shape index (κ1) is 35.7. The van der Waals surface area contributed by atoms with Crippen molar-refractivity contribution in [3.05, 3.63) is 237 Å². The third-order valence-electron chi connectivity index (χ3n) is 12.5. The molecule has 0 spiro atoms. The Bertz CT molecular complexity index is 3630. The molecule has 290 valence electrons. The third kappa shape index (κ3) is 5.88. The van der Waals surface area contributed by atoms with Crippen LogP contribution in [-0.4, -0.2) is 0 Å². The molecule has 0 radical (unpaired) electrons. The van der Waals surface area contributed by atoms with Crippen LogP contribution < -0.4 is 4.90 Å². The third-order valence-corrected chi connectivity index (χ3v) is 12.5. The SMILES string of the molecule is c1ccc(-c2ccc(-c3ccccc3N(c3ccccc3-c3cc4ccccc4c4ccccc34)c3ccc(-c4cccc5ccccc45)c4oc5ccccc5c34)cc2)cc1. The van der Waals surface area contributed by atoms with Gasteiger partial charge in [0, 0.05) is 22.1 Å².